The first-order chi connectivity index (χ1) is 9.94. The van der Waals surface area contributed by atoms with E-state index in [4.69, 9.17) is 0 Å². The number of alkyl halides is 3. The van der Waals surface area contributed by atoms with Crippen LogP contribution in [-0.2, 0) is 0 Å². The minimum atomic E-state index is -4.30. The van der Waals surface area contributed by atoms with E-state index >= 15 is 0 Å². The topological polar surface area (TPSA) is 44.4 Å². The molecule has 2 amide bonds. The lowest BCUT2D eigenvalue weighted by Gasteiger charge is -2.21. The first-order valence-electron chi connectivity index (χ1n) is 6.62. The van der Waals surface area contributed by atoms with Crippen LogP contribution in [-0.4, -0.2) is 29.6 Å². The standard InChI is InChI=1S/C13H16F3N3OS/c14-13(15,16)21-11-6-4-10(5-7-11)18-12(20)19-9-3-1-2-8-17-19/h4-7,17H,1-3,8-9H2,(H,18,20). The number of nitrogens with one attached hydrogen (secondary N) is 2. The Morgan fingerprint density at radius 2 is 1.90 bits per heavy atom. The van der Waals surface area contributed by atoms with Crippen molar-refractivity contribution in [3.63, 3.8) is 0 Å². The molecule has 4 nitrogen and oxygen atoms in total. The molecule has 1 aromatic carbocycles. The SMILES string of the molecule is O=C(Nc1ccc(SC(F)(F)F)cc1)N1CCCCCN1. The number of carbonyl (C=O) groups is 1. The van der Waals surface area contributed by atoms with E-state index in [2.05, 4.69) is 10.7 Å². The molecule has 2 rings (SSSR count). The van der Waals surface area contributed by atoms with Crippen molar-refractivity contribution in [3.8, 4) is 0 Å². The molecule has 1 aliphatic rings. The highest BCUT2D eigenvalue weighted by molar-refractivity contribution is 8.00. The van der Waals surface area contributed by atoms with Gasteiger partial charge in [0.1, 0.15) is 0 Å². The number of anilines is 1. The molecular formula is C13H16F3N3OS. The number of urea groups is 1. The van der Waals surface area contributed by atoms with E-state index in [1.807, 2.05) is 0 Å². The van der Waals surface area contributed by atoms with Crippen LogP contribution in [0.4, 0.5) is 23.7 Å². The highest BCUT2D eigenvalue weighted by atomic mass is 32.2. The summed E-state index contributed by atoms with van der Waals surface area (Å²) in [7, 11) is 0. The highest BCUT2D eigenvalue weighted by Crippen LogP contribution is 2.37. The number of hydrazine groups is 1. The first kappa shape index (κ1) is 16.0. The van der Waals surface area contributed by atoms with Crippen molar-refractivity contribution in [2.75, 3.05) is 18.4 Å². The molecule has 2 N–H and O–H groups in total. The second kappa shape index (κ2) is 7.04. The molecule has 1 fully saturated rings. The Hall–Kier alpha value is -1.41. The summed E-state index contributed by atoms with van der Waals surface area (Å²) in [5, 5.41) is 4.17. The van der Waals surface area contributed by atoms with Crippen LogP contribution in [0.1, 0.15) is 19.3 Å². The van der Waals surface area contributed by atoms with E-state index in [9.17, 15) is 18.0 Å². The van der Waals surface area contributed by atoms with Gasteiger partial charge in [-0.3, -0.25) is 5.01 Å². The summed E-state index contributed by atoms with van der Waals surface area (Å²) in [5.74, 6) is 0. The van der Waals surface area contributed by atoms with Gasteiger partial charge in [-0.25, -0.2) is 10.2 Å². The molecule has 0 unspecified atom stereocenters. The van der Waals surface area contributed by atoms with Gasteiger partial charge in [-0.15, -0.1) is 0 Å². The Morgan fingerprint density at radius 1 is 1.19 bits per heavy atom. The summed E-state index contributed by atoms with van der Waals surface area (Å²) in [4.78, 5) is 12.1. The molecule has 0 aliphatic carbocycles. The van der Waals surface area contributed by atoms with Gasteiger partial charge >= 0.3 is 11.5 Å². The van der Waals surface area contributed by atoms with Crippen molar-refractivity contribution in [3.05, 3.63) is 24.3 Å². The number of carbonyl (C=O) groups excluding carboxylic acids is 1. The van der Waals surface area contributed by atoms with Crippen molar-refractivity contribution in [2.24, 2.45) is 0 Å². The molecule has 1 aliphatic heterocycles. The maximum Gasteiger partial charge on any atom is 0.446 e. The van der Waals surface area contributed by atoms with Gasteiger partial charge in [-0.2, -0.15) is 13.2 Å². The van der Waals surface area contributed by atoms with E-state index in [-0.39, 0.29) is 22.7 Å². The van der Waals surface area contributed by atoms with Gasteiger partial charge in [-0.1, -0.05) is 6.42 Å². The van der Waals surface area contributed by atoms with Crippen LogP contribution in [0.2, 0.25) is 0 Å². The number of hydrogen-bond donors (Lipinski definition) is 2. The third kappa shape index (κ3) is 5.47. The van der Waals surface area contributed by atoms with Gasteiger partial charge in [0.05, 0.1) is 0 Å². The highest BCUT2D eigenvalue weighted by Gasteiger charge is 2.29. The number of halogens is 3. The van der Waals surface area contributed by atoms with E-state index < -0.39 is 5.51 Å². The Labute approximate surface area is 125 Å². The number of rotatable bonds is 2. The maximum atomic E-state index is 12.2. The maximum absolute atomic E-state index is 12.2. The lowest BCUT2D eigenvalue weighted by Crippen LogP contribution is -2.44. The van der Waals surface area contributed by atoms with Crippen LogP contribution in [0.3, 0.4) is 0 Å². The fourth-order valence-corrected chi connectivity index (χ4v) is 2.51. The Kier molecular flexibility index (Phi) is 5.35. The fraction of sp³-hybridized carbons (Fsp3) is 0.462. The zero-order valence-corrected chi connectivity index (χ0v) is 12.1. The number of hydrogen-bond acceptors (Lipinski definition) is 3. The molecular weight excluding hydrogens is 303 g/mol. The number of amides is 2. The molecule has 1 aromatic rings. The second-order valence-corrected chi connectivity index (χ2v) is 5.76. The van der Waals surface area contributed by atoms with Gasteiger partial charge in [0.25, 0.3) is 0 Å². The Balaban J connectivity index is 1.91. The van der Waals surface area contributed by atoms with E-state index in [1.54, 1.807) is 0 Å². The molecule has 0 saturated carbocycles. The molecule has 1 saturated heterocycles. The molecule has 1 heterocycles. The fourth-order valence-electron chi connectivity index (χ4n) is 1.97. The van der Waals surface area contributed by atoms with Crippen LogP contribution in [0, 0.1) is 0 Å². The Bertz CT molecular complexity index is 471. The lowest BCUT2D eigenvalue weighted by molar-refractivity contribution is -0.0328. The summed E-state index contributed by atoms with van der Waals surface area (Å²) in [6.07, 6.45) is 3.02. The minimum absolute atomic E-state index is 0.0911. The van der Waals surface area contributed by atoms with Crippen molar-refractivity contribution >= 4 is 23.5 Å². The molecule has 0 radical (unpaired) electrons. The van der Waals surface area contributed by atoms with Crippen LogP contribution >= 0.6 is 11.8 Å². The van der Waals surface area contributed by atoms with Crippen LogP contribution < -0.4 is 10.7 Å². The number of nitrogens with zero attached hydrogens (tertiary/aromatic N) is 1. The predicted octanol–water partition coefficient (Wildman–Crippen LogP) is 3.82. The van der Waals surface area contributed by atoms with Gasteiger partial charge in [0.2, 0.25) is 0 Å². The molecule has 0 atom stereocenters. The second-order valence-electron chi connectivity index (χ2n) is 4.62. The van der Waals surface area contributed by atoms with Crippen molar-refractivity contribution in [1.29, 1.82) is 0 Å². The zero-order valence-electron chi connectivity index (χ0n) is 11.2. The molecule has 21 heavy (non-hydrogen) atoms. The summed E-state index contributed by atoms with van der Waals surface area (Å²) in [5.41, 5.74) is -0.822. The van der Waals surface area contributed by atoms with E-state index in [0.29, 0.717) is 12.2 Å². The zero-order chi connectivity index (χ0) is 15.3. The third-order valence-electron chi connectivity index (χ3n) is 2.95. The molecule has 0 bridgehead atoms. The van der Waals surface area contributed by atoms with Gasteiger partial charge in [-0.05, 0) is 48.9 Å². The minimum Gasteiger partial charge on any atom is -0.307 e. The average Bonchev–Trinajstić information content (AvgIpc) is 2.68. The van der Waals surface area contributed by atoms with Crippen molar-refractivity contribution in [2.45, 2.75) is 29.7 Å². The molecule has 0 spiro atoms. The molecule has 0 aromatic heterocycles. The van der Waals surface area contributed by atoms with Gasteiger partial charge < -0.3 is 5.32 Å². The van der Waals surface area contributed by atoms with Crippen molar-refractivity contribution < 1.29 is 18.0 Å². The quantitative estimate of drug-likeness (QED) is 0.815. The van der Waals surface area contributed by atoms with E-state index in [0.717, 1.165) is 25.8 Å². The third-order valence-corrected chi connectivity index (χ3v) is 3.68. The summed E-state index contributed by atoms with van der Waals surface area (Å²) < 4.78 is 36.6. The molecule has 116 valence electrons. The normalized spacial score (nSPS) is 16.4. The lowest BCUT2D eigenvalue weighted by atomic mass is 10.2. The largest absolute Gasteiger partial charge is 0.446 e. The van der Waals surface area contributed by atoms with E-state index in [1.165, 1.54) is 29.3 Å². The summed E-state index contributed by atoms with van der Waals surface area (Å²) >= 11 is -0.176. The monoisotopic (exact) mass is 319 g/mol. The van der Waals surface area contributed by atoms with Crippen molar-refractivity contribution in [1.82, 2.24) is 10.4 Å². The van der Waals surface area contributed by atoms with Crippen LogP contribution in [0.25, 0.3) is 0 Å². The average molecular weight is 319 g/mol. The first-order valence-corrected chi connectivity index (χ1v) is 7.43. The Morgan fingerprint density at radius 3 is 2.57 bits per heavy atom. The smallest absolute Gasteiger partial charge is 0.307 e. The number of benzene rings is 1. The summed E-state index contributed by atoms with van der Waals surface area (Å²) in [6, 6.07) is 5.30. The number of thioether (sulfide) groups is 1. The van der Waals surface area contributed by atoms with Gasteiger partial charge in [0, 0.05) is 23.7 Å². The molecule has 8 heteroatoms. The van der Waals surface area contributed by atoms with Crippen LogP contribution in [0.15, 0.2) is 29.2 Å². The van der Waals surface area contributed by atoms with Crippen LogP contribution in [0.5, 0.6) is 0 Å². The predicted molar refractivity (Wildman–Crippen MR) is 75.9 cm³/mol. The van der Waals surface area contributed by atoms with Gasteiger partial charge in [0.15, 0.2) is 0 Å². The summed E-state index contributed by atoms with van der Waals surface area (Å²) in [6.45, 7) is 1.36.